The molecule has 2 N–H and O–H groups in total. The summed E-state index contributed by atoms with van der Waals surface area (Å²) < 4.78 is 5.13. The van der Waals surface area contributed by atoms with Crippen LogP contribution in [0.1, 0.15) is 40.9 Å². The third-order valence-electron chi connectivity index (χ3n) is 3.71. The van der Waals surface area contributed by atoms with Crippen molar-refractivity contribution in [2.24, 2.45) is 0 Å². The van der Waals surface area contributed by atoms with Crippen LogP contribution in [0.3, 0.4) is 0 Å². The van der Waals surface area contributed by atoms with E-state index in [0.29, 0.717) is 23.1 Å². The fourth-order valence-corrected chi connectivity index (χ4v) is 4.72. The lowest BCUT2D eigenvalue weighted by Crippen LogP contribution is -2.32. The van der Waals surface area contributed by atoms with Crippen molar-refractivity contribution in [1.82, 2.24) is 0 Å². The summed E-state index contributed by atoms with van der Waals surface area (Å²) >= 11 is 3.51. The van der Waals surface area contributed by atoms with Gasteiger partial charge in [0.1, 0.15) is 4.88 Å². The molecule has 3 rings (SSSR count). The predicted octanol–water partition coefficient (Wildman–Crippen LogP) is 2.94. The molecule has 0 unspecified atom stereocenters. The van der Waals surface area contributed by atoms with Gasteiger partial charge < -0.3 is 15.4 Å². The average Bonchev–Trinajstić information content (AvgIpc) is 3.23. The lowest BCUT2D eigenvalue weighted by Gasteiger charge is -2.28. The quantitative estimate of drug-likeness (QED) is 0.866. The van der Waals surface area contributed by atoms with Gasteiger partial charge >= 0.3 is 5.97 Å². The first-order valence-electron chi connectivity index (χ1n) is 7.14. The second kappa shape index (κ2) is 5.85. The van der Waals surface area contributed by atoms with Gasteiger partial charge in [0.15, 0.2) is 0 Å². The zero-order valence-electron chi connectivity index (χ0n) is 11.7. The molecule has 1 aliphatic heterocycles. The molecule has 2 fully saturated rings. The Morgan fingerprint density at radius 2 is 2.10 bits per heavy atom. The first kappa shape index (κ1) is 14.1. The van der Waals surface area contributed by atoms with Crippen molar-refractivity contribution >= 4 is 39.8 Å². The van der Waals surface area contributed by atoms with E-state index in [1.807, 2.05) is 18.7 Å². The van der Waals surface area contributed by atoms with Gasteiger partial charge in [0.05, 0.1) is 17.3 Å². The van der Waals surface area contributed by atoms with E-state index in [1.54, 1.807) is 0 Å². The molecule has 0 amide bonds. The van der Waals surface area contributed by atoms with Gasteiger partial charge in [-0.2, -0.15) is 11.8 Å². The number of nitrogens with two attached hydrogens (primary N) is 1. The maximum Gasteiger partial charge on any atom is 0.350 e. The molecule has 0 radical (unpaired) electrons. The van der Waals surface area contributed by atoms with Crippen LogP contribution in [0.2, 0.25) is 0 Å². The van der Waals surface area contributed by atoms with E-state index in [1.165, 1.54) is 34.7 Å². The third-order valence-corrected chi connectivity index (χ3v) is 5.91. The van der Waals surface area contributed by atoms with E-state index in [9.17, 15) is 4.79 Å². The first-order chi connectivity index (χ1) is 9.72. The molecule has 0 atom stereocenters. The molecule has 1 aliphatic carbocycles. The van der Waals surface area contributed by atoms with Crippen LogP contribution < -0.4 is 10.6 Å². The Bertz CT molecular complexity index is 506. The Balaban J connectivity index is 1.95. The molecular weight excluding hydrogens is 292 g/mol. The van der Waals surface area contributed by atoms with Crippen LogP contribution in [-0.4, -0.2) is 37.2 Å². The molecule has 1 saturated heterocycles. The fourth-order valence-electron chi connectivity index (χ4n) is 2.56. The minimum absolute atomic E-state index is 0.269. The van der Waals surface area contributed by atoms with Gasteiger partial charge in [-0.3, -0.25) is 0 Å². The SMILES string of the molecule is CCOC(=O)c1sc(N2CCSCC2)c(C2CC2)c1N. The second-order valence-electron chi connectivity index (χ2n) is 5.16. The summed E-state index contributed by atoms with van der Waals surface area (Å²) in [7, 11) is 0. The maximum absolute atomic E-state index is 12.0. The minimum Gasteiger partial charge on any atom is -0.462 e. The van der Waals surface area contributed by atoms with E-state index in [0.717, 1.165) is 24.6 Å². The summed E-state index contributed by atoms with van der Waals surface area (Å²) in [5.41, 5.74) is 8.14. The van der Waals surface area contributed by atoms with Gasteiger partial charge in [-0.15, -0.1) is 11.3 Å². The summed E-state index contributed by atoms with van der Waals surface area (Å²) in [4.78, 5) is 15.0. The predicted molar refractivity (Wildman–Crippen MR) is 86.2 cm³/mol. The molecule has 0 aromatic carbocycles. The number of esters is 1. The van der Waals surface area contributed by atoms with Crippen LogP contribution in [0.15, 0.2) is 0 Å². The number of nitrogen functional groups attached to an aromatic ring is 1. The normalized spacial score (nSPS) is 19.1. The number of hydrogen-bond donors (Lipinski definition) is 1. The van der Waals surface area contributed by atoms with Crippen LogP contribution in [0.5, 0.6) is 0 Å². The van der Waals surface area contributed by atoms with Crippen molar-refractivity contribution in [3.05, 3.63) is 10.4 Å². The highest BCUT2D eigenvalue weighted by Crippen LogP contribution is 2.52. The van der Waals surface area contributed by atoms with Crippen LogP contribution in [0.25, 0.3) is 0 Å². The molecule has 1 saturated carbocycles. The summed E-state index contributed by atoms with van der Waals surface area (Å²) in [6.45, 7) is 4.32. The zero-order valence-corrected chi connectivity index (χ0v) is 13.3. The monoisotopic (exact) mass is 312 g/mol. The number of thiophene rings is 1. The minimum atomic E-state index is -0.269. The van der Waals surface area contributed by atoms with Gasteiger partial charge in [-0.25, -0.2) is 4.79 Å². The molecular formula is C14H20N2O2S2. The Hall–Kier alpha value is -0.880. The van der Waals surface area contributed by atoms with Crippen LogP contribution in [0, 0.1) is 0 Å². The van der Waals surface area contributed by atoms with Crippen LogP contribution >= 0.6 is 23.1 Å². The highest BCUT2D eigenvalue weighted by Gasteiger charge is 2.35. The molecule has 1 aromatic rings. The van der Waals surface area contributed by atoms with E-state index in [4.69, 9.17) is 10.5 Å². The zero-order chi connectivity index (χ0) is 14.1. The summed E-state index contributed by atoms with van der Waals surface area (Å²) in [6, 6.07) is 0. The Labute approximate surface area is 127 Å². The lowest BCUT2D eigenvalue weighted by atomic mass is 10.1. The fraction of sp³-hybridized carbons (Fsp3) is 0.643. The highest BCUT2D eigenvalue weighted by atomic mass is 32.2. The van der Waals surface area contributed by atoms with Crippen molar-refractivity contribution in [3.63, 3.8) is 0 Å². The number of anilines is 2. The summed E-state index contributed by atoms with van der Waals surface area (Å²) in [5.74, 6) is 2.58. The maximum atomic E-state index is 12.0. The Morgan fingerprint density at radius 1 is 1.40 bits per heavy atom. The van der Waals surface area contributed by atoms with E-state index in [2.05, 4.69) is 4.90 Å². The standard InChI is InChI=1S/C14H20N2O2S2/c1-2-18-14(17)12-11(15)10(9-3-4-9)13(20-12)16-5-7-19-8-6-16/h9H,2-8,15H2,1H3. The molecule has 6 heteroatoms. The molecule has 4 nitrogen and oxygen atoms in total. The van der Waals surface area contributed by atoms with E-state index < -0.39 is 0 Å². The molecule has 0 spiro atoms. The topological polar surface area (TPSA) is 55.6 Å². The molecule has 2 aliphatic rings. The van der Waals surface area contributed by atoms with Gasteiger partial charge in [0.2, 0.25) is 0 Å². The molecule has 1 aromatic heterocycles. The van der Waals surface area contributed by atoms with Crippen molar-refractivity contribution < 1.29 is 9.53 Å². The number of carbonyl (C=O) groups excluding carboxylic acids is 1. The number of rotatable bonds is 4. The lowest BCUT2D eigenvalue weighted by molar-refractivity contribution is 0.0533. The van der Waals surface area contributed by atoms with E-state index in [-0.39, 0.29) is 5.97 Å². The summed E-state index contributed by atoms with van der Waals surface area (Å²) in [5, 5.41) is 1.22. The van der Waals surface area contributed by atoms with Gasteiger partial charge in [-0.05, 0) is 25.7 Å². The van der Waals surface area contributed by atoms with Gasteiger partial charge in [0.25, 0.3) is 0 Å². The van der Waals surface area contributed by atoms with Crippen molar-refractivity contribution in [3.8, 4) is 0 Å². The van der Waals surface area contributed by atoms with Gasteiger partial charge in [0, 0.05) is 30.2 Å². The number of carbonyl (C=O) groups is 1. The van der Waals surface area contributed by atoms with Crippen molar-refractivity contribution in [1.29, 1.82) is 0 Å². The van der Waals surface area contributed by atoms with Crippen molar-refractivity contribution in [2.75, 3.05) is 41.8 Å². The highest BCUT2D eigenvalue weighted by molar-refractivity contribution is 7.99. The Morgan fingerprint density at radius 3 is 2.70 bits per heavy atom. The molecule has 0 bridgehead atoms. The number of nitrogens with zero attached hydrogens (tertiary/aromatic N) is 1. The molecule has 110 valence electrons. The van der Waals surface area contributed by atoms with Gasteiger partial charge in [-0.1, -0.05) is 0 Å². The molecule has 2 heterocycles. The molecule has 20 heavy (non-hydrogen) atoms. The second-order valence-corrected chi connectivity index (χ2v) is 7.38. The van der Waals surface area contributed by atoms with Crippen LogP contribution in [-0.2, 0) is 4.74 Å². The van der Waals surface area contributed by atoms with E-state index >= 15 is 0 Å². The number of hydrogen-bond acceptors (Lipinski definition) is 6. The smallest absolute Gasteiger partial charge is 0.350 e. The van der Waals surface area contributed by atoms with Crippen molar-refractivity contribution in [2.45, 2.75) is 25.7 Å². The number of ether oxygens (including phenoxy) is 1. The number of thioether (sulfide) groups is 1. The average molecular weight is 312 g/mol. The van der Waals surface area contributed by atoms with Crippen LogP contribution in [0.4, 0.5) is 10.7 Å². The third kappa shape index (κ3) is 2.63. The summed E-state index contributed by atoms with van der Waals surface area (Å²) in [6.07, 6.45) is 2.39. The Kier molecular flexibility index (Phi) is 4.12. The first-order valence-corrected chi connectivity index (χ1v) is 9.11. The largest absolute Gasteiger partial charge is 0.462 e.